The second kappa shape index (κ2) is 15.4. The van der Waals surface area contributed by atoms with E-state index in [1.165, 1.54) is 31.4 Å². The number of piperidine rings is 1. The maximum atomic E-state index is 14.2. The van der Waals surface area contributed by atoms with Crippen LogP contribution in [0.15, 0.2) is 24.3 Å². The molecule has 1 aromatic rings. The highest BCUT2D eigenvalue weighted by molar-refractivity contribution is 5.76. The monoisotopic (exact) mass is 534 g/mol. The molecule has 0 bridgehead atoms. The van der Waals surface area contributed by atoms with Gasteiger partial charge < -0.3 is 31.1 Å². The minimum atomic E-state index is -1.24. The molecule has 5 N–H and O–H groups in total. The molecule has 1 aromatic carbocycles. The van der Waals surface area contributed by atoms with E-state index in [0.29, 0.717) is 44.1 Å². The first-order valence-corrected chi connectivity index (χ1v) is 14.3. The van der Waals surface area contributed by atoms with Gasteiger partial charge in [0.15, 0.2) is 0 Å². The van der Waals surface area contributed by atoms with Gasteiger partial charge in [0, 0.05) is 45.3 Å². The number of methoxy groups -OCH3 is 1. The number of carbonyl (C=O) groups excluding carboxylic acids is 2. The summed E-state index contributed by atoms with van der Waals surface area (Å²) in [6.45, 7) is 2.16. The number of primary amides is 1. The summed E-state index contributed by atoms with van der Waals surface area (Å²) in [5, 5.41) is 18.3. The van der Waals surface area contributed by atoms with Crippen molar-refractivity contribution in [3.8, 4) is 0 Å². The Morgan fingerprint density at radius 2 is 2.00 bits per heavy atom. The number of nitrogens with zero attached hydrogens (tertiary/aromatic N) is 1. The predicted molar refractivity (Wildman–Crippen MR) is 146 cm³/mol. The third kappa shape index (κ3) is 9.20. The van der Waals surface area contributed by atoms with E-state index in [1.807, 2.05) is 0 Å². The first-order chi connectivity index (χ1) is 18.3. The van der Waals surface area contributed by atoms with E-state index in [1.54, 1.807) is 24.1 Å². The summed E-state index contributed by atoms with van der Waals surface area (Å²) < 4.78 is 19.3. The van der Waals surface area contributed by atoms with Crippen LogP contribution in [-0.2, 0) is 15.1 Å². The maximum absolute atomic E-state index is 14.2. The third-order valence-corrected chi connectivity index (χ3v) is 8.23. The predicted octanol–water partition coefficient (Wildman–Crippen LogP) is 3.67. The van der Waals surface area contributed by atoms with Crippen LogP contribution in [0, 0.1) is 17.7 Å². The third-order valence-electron chi connectivity index (χ3n) is 8.23. The van der Waals surface area contributed by atoms with E-state index in [4.69, 9.17) is 10.5 Å². The van der Waals surface area contributed by atoms with E-state index in [-0.39, 0.29) is 30.4 Å². The maximum Gasteiger partial charge on any atom is 0.317 e. The zero-order valence-electron chi connectivity index (χ0n) is 22.9. The Balaban J connectivity index is 1.68. The van der Waals surface area contributed by atoms with Gasteiger partial charge >= 0.3 is 6.03 Å². The molecule has 38 heavy (non-hydrogen) atoms. The fraction of sp³-hybridized carbons (Fsp3) is 0.724. The highest BCUT2D eigenvalue weighted by atomic mass is 19.1. The number of benzene rings is 1. The lowest BCUT2D eigenvalue weighted by Gasteiger charge is -2.43. The van der Waals surface area contributed by atoms with Gasteiger partial charge in [-0.05, 0) is 62.1 Å². The molecule has 214 valence electrons. The number of halogens is 1. The molecule has 9 heteroatoms. The van der Waals surface area contributed by atoms with Crippen molar-refractivity contribution in [2.45, 2.75) is 82.3 Å². The molecule has 0 aromatic heterocycles. The van der Waals surface area contributed by atoms with Gasteiger partial charge in [-0.3, -0.25) is 4.79 Å². The number of amides is 3. The zero-order valence-corrected chi connectivity index (χ0v) is 22.9. The van der Waals surface area contributed by atoms with Crippen LogP contribution in [0.25, 0.3) is 0 Å². The molecule has 3 atom stereocenters. The second-order valence-electron chi connectivity index (χ2n) is 11.2. The standard InChI is InChI=1S/C29H47FN4O4/c1-38-16-6-5-14-29(37,23-11-7-13-25(30)18-23)24-12-8-15-34(21-24)28(36)33-26(19-32-20-27(31)35)17-22-9-3-2-4-10-22/h7,11,13,18,22,24,26,32,37H,2-6,8-10,12,14-17,19-21H2,1H3,(H2,31,35)(H,33,36)/t24-,26+,29-/m1/s1. The topological polar surface area (TPSA) is 117 Å². The number of nitrogens with one attached hydrogen (secondary N) is 2. The van der Waals surface area contributed by atoms with Crippen LogP contribution >= 0.6 is 0 Å². The number of nitrogens with two attached hydrogens (primary N) is 1. The molecule has 3 amide bonds. The summed E-state index contributed by atoms with van der Waals surface area (Å²) in [6, 6.07) is 5.95. The Hall–Kier alpha value is -2.23. The molecule has 0 radical (unpaired) electrons. The highest BCUT2D eigenvalue weighted by Crippen LogP contribution is 2.40. The lowest BCUT2D eigenvalue weighted by Crippen LogP contribution is -2.54. The lowest BCUT2D eigenvalue weighted by molar-refractivity contribution is -0.117. The van der Waals surface area contributed by atoms with Crippen molar-refractivity contribution in [1.29, 1.82) is 0 Å². The number of rotatable bonds is 14. The van der Waals surface area contributed by atoms with Gasteiger partial charge in [-0.2, -0.15) is 0 Å². The molecule has 1 aliphatic heterocycles. The Kier molecular flexibility index (Phi) is 12.3. The smallest absolute Gasteiger partial charge is 0.317 e. The Morgan fingerprint density at radius 1 is 1.21 bits per heavy atom. The minimum Gasteiger partial charge on any atom is -0.385 e. The molecule has 1 saturated carbocycles. The van der Waals surface area contributed by atoms with Crippen LogP contribution in [0.3, 0.4) is 0 Å². The molecule has 1 heterocycles. The minimum absolute atomic E-state index is 0.0760. The summed E-state index contributed by atoms with van der Waals surface area (Å²) in [7, 11) is 1.65. The van der Waals surface area contributed by atoms with Gasteiger partial charge in [-0.25, -0.2) is 9.18 Å². The normalized spacial score (nSPS) is 21.0. The van der Waals surface area contributed by atoms with Gasteiger partial charge in [0.05, 0.1) is 12.1 Å². The summed E-state index contributed by atoms with van der Waals surface area (Å²) in [5.74, 6) is -0.453. The molecule has 1 aliphatic carbocycles. The Bertz CT molecular complexity index is 882. The van der Waals surface area contributed by atoms with Crippen molar-refractivity contribution in [1.82, 2.24) is 15.5 Å². The molecule has 3 rings (SSSR count). The zero-order chi connectivity index (χ0) is 27.4. The number of hydrogen-bond acceptors (Lipinski definition) is 5. The summed E-state index contributed by atoms with van der Waals surface area (Å²) >= 11 is 0. The molecule has 8 nitrogen and oxygen atoms in total. The van der Waals surface area contributed by atoms with Crippen molar-refractivity contribution >= 4 is 11.9 Å². The number of aliphatic hydroxyl groups is 1. The quantitative estimate of drug-likeness (QED) is 0.272. The number of urea groups is 1. The van der Waals surface area contributed by atoms with E-state index < -0.39 is 11.5 Å². The molecule has 0 spiro atoms. The van der Waals surface area contributed by atoms with Crippen LogP contribution in [-0.4, -0.2) is 67.9 Å². The average molecular weight is 535 g/mol. The van der Waals surface area contributed by atoms with E-state index >= 15 is 0 Å². The summed E-state index contributed by atoms with van der Waals surface area (Å²) in [6.07, 6.45) is 10.4. The fourth-order valence-electron chi connectivity index (χ4n) is 6.19. The largest absolute Gasteiger partial charge is 0.385 e. The van der Waals surface area contributed by atoms with Gasteiger partial charge in [0.2, 0.25) is 5.91 Å². The Morgan fingerprint density at radius 3 is 2.71 bits per heavy atom. The van der Waals surface area contributed by atoms with Crippen molar-refractivity contribution < 1.29 is 23.8 Å². The molecular formula is C29H47FN4O4. The first-order valence-electron chi connectivity index (χ1n) is 14.3. The SMILES string of the molecule is COCCCC[C@@](O)(c1cccc(F)c1)[C@@H]1CCCN(C(=O)N[C@H](CNCC(N)=O)CC2CCCCC2)C1. The number of hydrogen-bond donors (Lipinski definition) is 4. The van der Waals surface area contributed by atoms with Gasteiger partial charge in [0.25, 0.3) is 0 Å². The van der Waals surface area contributed by atoms with E-state index in [0.717, 1.165) is 44.9 Å². The molecular weight excluding hydrogens is 487 g/mol. The van der Waals surface area contributed by atoms with Gasteiger partial charge in [0.1, 0.15) is 5.82 Å². The number of likely N-dealkylation sites (tertiary alicyclic amines) is 1. The second-order valence-corrected chi connectivity index (χ2v) is 11.2. The van der Waals surface area contributed by atoms with Crippen LogP contribution in [0.2, 0.25) is 0 Å². The van der Waals surface area contributed by atoms with E-state index in [9.17, 15) is 19.1 Å². The Labute approximate surface area is 226 Å². The van der Waals surface area contributed by atoms with Crippen LogP contribution in [0.1, 0.15) is 76.2 Å². The lowest BCUT2D eigenvalue weighted by atomic mass is 9.74. The van der Waals surface area contributed by atoms with Crippen molar-refractivity contribution in [3.63, 3.8) is 0 Å². The van der Waals surface area contributed by atoms with E-state index in [2.05, 4.69) is 10.6 Å². The van der Waals surface area contributed by atoms with Crippen LogP contribution in [0.5, 0.6) is 0 Å². The van der Waals surface area contributed by atoms with Crippen molar-refractivity contribution in [3.05, 3.63) is 35.6 Å². The molecule has 2 aliphatic rings. The summed E-state index contributed by atoms with van der Waals surface area (Å²) in [5.41, 5.74) is 4.62. The van der Waals surface area contributed by atoms with Gasteiger partial charge in [-0.1, -0.05) is 44.2 Å². The fourth-order valence-corrected chi connectivity index (χ4v) is 6.19. The number of unbranched alkanes of at least 4 members (excludes halogenated alkanes) is 1. The first kappa shape index (κ1) is 30.3. The summed E-state index contributed by atoms with van der Waals surface area (Å²) in [4.78, 5) is 26.5. The van der Waals surface area contributed by atoms with Gasteiger partial charge in [-0.15, -0.1) is 0 Å². The van der Waals surface area contributed by atoms with Crippen molar-refractivity contribution in [2.75, 3.05) is 39.9 Å². The molecule has 2 fully saturated rings. The van der Waals surface area contributed by atoms with Crippen molar-refractivity contribution in [2.24, 2.45) is 17.6 Å². The molecule has 1 saturated heterocycles. The number of carbonyl (C=O) groups is 2. The van der Waals surface area contributed by atoms with Crippen LogP contribution in [0.4, 0.5) is 9.18 Å². The average Bonchev–Trinajstić information content (AvgIpc) is 2.91. The number of ether oxygens (including phenoxy) is 1. The van der Waals surface area contributed by atoms with Crippen LogP contribution < -0.4 is 16.4 Å². The highest BCUT2D eigenvalue weighted by Gasteiger charge is 2.41. The molecule has 0 unspecified atom stereocenters.